The van der Waals surface area contributed by atoms with Crippen LogP contribution in [0.4, 0.5) is 0 Å². The molecular formula is C9H9NO2S2. The minimum atomic E-state index is -0.0692. The van der Waals surface area contributed by atoms with Crippen LogP contribution in [0.2, 0.25) is 0 Å². The molecule has 1 amide bonds. The highest BCUT2D eigenvalue weighted by molar-refractivity contribution is 7.38. The maximum Gasteiger partial charge on any atom is 0.263 e. The second kappa shape index (κ2) is 4.08. The molecule has 2 rings (SSSR count). The molecule has 2 heterocycles. The van der Waals surface area contributed by atoms with Gasteiger partial charge in [-0.2, -0.15) is 0 Å². The SMILES string of the molecule is COCNC(=O)c1cc2ccsc2s1. The van der Waals surface area contributed by atoms with Crippen molar-refractivity contribution in [3.8, 4) is 0 Å². The van der Waals surface area contributed by atoms with Crippen molar-refractivity contribution < 1.29 is 9.53 Å². The minimum absolute atomic E-state index is 0.0692. The number of hydrogen-bond donors (Lipinski definition) is 1. The van der Waals surface area contributed by atoms with E-state index in [9.17, 15) is 4.79 Å². The average Bonchev–Trinajstić information content (AvgIpc) is 2.72. The molecule has 74 valence electrons. The number of rotatable bonds is 3. The van der Waals surface area contributed by atoms with E-state index in [0.717, 1.165) is 10.3 Å². The number of carbonyl (C=O) groups is 1. The van der Waals surface area contributed by atoms with Gasteiger partial charge in [0.05, 0.1) is 8.89 Å². The summed E-state index contributed by atoms with van der Waals surface area (Å²) in [6.07, 6.45) is 0. The van der Waals surface area contributed by atoms with E-state index in [0.29, 0.717) is 0 Å². The van der Waals surface area contributed by atoms with E-state index in [-0.39, 0.29) is 12.6 Å². The summed E-state index contributed by atoms with van der Waals surface area (Å²) >= 11 is 3.17. The Hall–Kier alpha value is -0.910. The monoisotopic (exact) mass is 227 g/mol. The highest BCUT2D eigenvalue weighted by Gasteiger charge is 2.09. The van der Waals surface area contributed by atoms with E-state index in [1.807, 2.05) is 17.5 Å². The molecule has 14 heavy (non-hydrogen) atoms. The first-order chi connectivity index (χ1) is 6.81. The number of ether oxygens (including phenoxy) is 1. The first kappa shape index (κ1) is 9.64. The number of hydrogen-bond acceptors (Lipinski definition) is 4. The third kappa shape index (κ3) is 1.79. The molecule has 0 bridgehead atoms. The van der Waals surface area contributed by atoms with Crippen LogP contribution in [-0.4, -0.2) is 19.7 Å². The molecule has 3 nitrogen and oxygen atoms in total. The zero-order valence-corrected chi connectivity index (χ0v) is 9.21. The molecule has 0 saturated heterocycles. The molecule has 2 aromatic heterocycles. The second-order valence-electron chi connectivity index (χ2n) is 2.71. The minimum Gasteiger partial charge on any atom is -0.364 e. The van der Waals surface area contributed by atoms with Gasteiger partial charge in [-0.05, 0) is 17.5 Å². The summed E-state index contributed by atoms with van der Waals surface area (Å²) in [5.74, 6) is -0.0692. The fourth-order valence-electron chi connectivity index (χ4n) is 1.10. The Labute approximate surface area is 89.3 Å². The van der Waals surface area contributed by atoms with Crippen LogP contribution in [0.25, 0.3) is 9.40 Å². The lowest BCUT2D eigenvalue weighted by Gasteiger charge is -1.99. The number of thiophene rings is 2. The van der Waals surface area contributed by atoms with Gasteiger partial charge < -0.3 is 10.1 Å². The Morgan fingerprint density at radius 1 is 1.64 bits per heavy atom. The fourth-order valence-corrected chi connectivity index (χ4v) is 3.13. The van der Waals surface area contributed by atoms with Crippen LogP contribution in [0.1, 0.15) is 9.67 Å². The van der Waals surface area contributed by atoms with Gasteiger partial charge in [0, 0.05) is 12.5 Å². The predicted molar refractivity (Wildman–Crippen MR) is 59.0 cm³/mol. The van der Waals surface area contributed by atoms with E-state index in [1.165, 1.54) is 15.4 Å². The van der Waals surface area contributed by atoms with Crippen LogP contribution >= 0.6 is 22.7 Å². The fraction of sp³-hybridized carbons (Fsp3) is 0.222. The largest absolute Gasteiger partial charge is 0.364 e. The Morgan fingerprint density at radius 3 is 3.21 bits per heavy atom. The lowest BCUT2D eigenvalue weighted by Crippen LogP contribution is -2.24. The molecule has 0 fully saturated rings. The van der Waals surface area contributed by atoms with Crippen molar-refractivity contribution in [2.24, 2.45) is 0 Å². The Morgan fingerprint density at radius 2 is 2.50 bits per heavy atom. The summed E-state index contributed by atoms with van der Waals surface area (Å²) in [4.78, 5) is 12.2. The molecule has 0 aliphatic heterocycles. The third-order valence-corrected chi connectivity index (χ3v) is 3.95. The van der Waals surface area contributed by atoms with Gasteiger partial charge in [-0.3, -0.25) is 4.79 Å². The van der Waals surface area contributed by atoms with Crippen LogP contribution in [0.5, 0.6) is 0 Å². The van der Waals surface area contributed by atoms with Crippen molar-refractivity contribution in [3.05, 3.63) is 22.4 Å². The summed E-state index contributed by atoms with van der Waals surface area (Å²) in [7, 11) is 1.55. The van der Waals surface area contributed by atoms with Gasteiger partial charge in [0.25, 0.3) is 5.91 Å². The molecule has 1 N–H and O–H groups in total. The summed E-state index contributed by atoms with van der Waals surface area (Å²) in [5.41, 5.74) is 0. The van der Waals surface area contributed by atoms with Gasteiger partial charge in [0.1, 0.15) is 6.73 Å². The summed E-state index contributed by atoms with van der Waals surface area (Å²) in [6.45, 7) is 0.254. The summed E-state index contributed by atoms with van der Waals surface area (Å²) in [5, 5.41) is 5.82. The van der Waals surface area contributed by atoms with Crippen LogP contribution < -0.4 is 5.32 Å². The number of amides is 1. The van der Waals surface area contributed by atoms with Crippen molar-refractivity contribution in [3.63, 3.8) is 0 Å². The second-order valence-corrected chi connectivity index (χ2v) is 4.94. The maximum absolute atomic E-state index is 11.5. The van der Waals surface area contributed by atoms with E-state index in [4.69, 9.17) is 4.74 Å². The van der Waals surface area contributed by atoms with Gasteiger partial charge in [-0.25, -0.2) is 0 Å². The first-order valence-electron chi connectivity index (χ1n) is 4.05. The van der Waals surface area contributed by atoms with E-state index in [1.54, 1.807) is 18.4 Å². The van der Waals surface area contributed by atoms with Crippen LogP contribution in [0.3, 0.4) is 0 Å². The van der Waals surface area contributed by atoms with E-state index < -0.39 is 0 Å². The van der Waals surface area contributed by atoms with Crippen molar-refractivity contribution in [1.82, 2.24) is 5.32 Å². The average molecular weight is 227 g/mol. The topological polar surface area (TPSA) is 38.3 Å². The van der Waals surface area contributed by atoms with Gasteiger partial charge in [-0.15, -0.1) is 22.7 Å². The zero-order chi connectivity index (χ0) is 9.97. The van der Waals surface area contributed by atoms with Crippen LogP contribution in [0.15, 0.2) is 17.5 Å². The number of nitrogens with one attached hydrogen (secondary N) is 1. The van der Waals surface area contributed by atoms with Gasteiger partial charge in [0.2, 0.25) is 0 Å². The van der Waals surface area contributed by atoms with Crippen molar-refractivity contribution >= 4 is 38.0 Å². The summed E-state index contributed by atoms with van der Waals surface area (Å²) < 4.78 is 5.95. The lowest BCUT2D eigenvalue weighted by molar-refractivity contribution is 0.0876. The normalized spacial score (nSPS) is 10.6. The maximum atomic E-state index is 11.5. The number of carbonyl (C=O) groups excluding carboxylic acids is 1. The molecule has 0 aliphatic carbocycles. The molecule has 0 spiro atoms. The Balaban J connectivity index is 2.18. The van der Waals surface area contributed by atoms with E-state index >= 15 is 0 Å². The predicted octanol–water partition coefficient (Wildman–Crippen LogP) is 2.30. The third-order valence-electron chi connectivity index (χ3n) is 1.75. The van der Waals surface area contributed by atoms with Gasteiger partial charge >= 0.3 is 0 Å². The quantitative estimate of drug-likeness (QED) is 0.817. The molecule has 0 unspecified atom stereocenters. The summed E-state index contributed by atoms with van der Waals surface area (Å²) in [6, 6.07) is 3.92. The van der Waals surface area contributed by atoms with Crippen LogP contribution in [-0.2, 0) is 4.74 Å². The Kier molecular flexibility index (Phi) is 2.81. The van der Waals surface area contributed by atoms with Crippen molar-refractivity contribution in [2.45, 2.75) is 0 Å². The van der Waals surface area contributed by atoms with Crippen molar-refractivity contribution in [2.75, 3.05) is 13.8 Å². The van der Waals surface area contributed by atoms with E-state index in [2.05, 4.69) is 5.32 Å². The number of methoxy groups -OCH3 is 1. The van der Waals surface area contributed by atoms with Crippen molar-refractivity contribution in [1.29, 1.82) is 0 Å². The molecule has 2 aromatic rings. The number of fused-ring (bicyclic) bond motifs is 1. The molecule has 0 saturated carbocycles. The molecular weight excluding hydrogens is 218 g/mol. The first-order valence-corrected chi connectivity index (χ1v) is 5.75. The van der Waals surface area contributed by atoms with Gasteiger partial charge in [-0.1, -0.05) is 0 Å². The highest BCUT2D eigenvalue weighted by Crippen LogP contribution is 2.30. The molecule has 0 aliphatic rings. The molecule has 0 radical (unpaired) electrons. The molecule has 0 aromatic carbocycles. The molecule has 5 heteroatoms. The highest BCUT2D eigenvalue weighted by atomic mass is 32.2. The van der Waals surface area contributed by atoms with Gasteiger partial charge in [0.15, 0.2) is 0 Å². The zero-order valence-electron chi connectivity index (χ0n) is 7.57. The lowest BCUT2D eigenvalue weighted by atomic mass is 10.3. The standard InChI is InChI=1S/C9H9NO2S2/c1-12-5-10-8(11)7-4-6-2-3-13-9(6)14-7/h2-4H,5H2,1H3,(H,10,11). The molecule has 0 atom stereocenters. The Bertz CT molecular complexity index is 418. The smallest absolute Gasteiger partial charge is 0.263 e. The van der Waals surface area contributed by atoms with Crippen LogP contribution in [0, 0.1) is 0 Å².